The van der Waals surface area contributed by atoms with Crippen LogP contribution in [0.3, 0.4) is 0 Å². The van der Waals surface area contributed by atoms with E-state index in [4.69, 9.17) is 9.47 Å². The van der Waals surface area contributed by atoms with E-state index in [0.29, 0.717) is 17.4 Å². The molecule has 0 bridgehead atoms. The van der Waals surface area contributed by atoms with E-state index in [-0.39, 0.29) is 18.1 Å². The molecular formula is C32H37FN2O4. The van der Waals surface area contributed by atoms with Gasteiger partial charge < -0.3 is 19.5 Å². The Labute approximate surface area is 229 Å². The molecule has 7 heteroatoms. The number of rotatable bonds is 9. The standard InChI is InChI=1S/C32H37FN2O4/c1-18(32(36)37)31(21-7-8-21)23-9-6-20-11-13-28(39-29(20)15-23)22-10-12-24(25(14-22)19(2)35(3)4)26-16-30(38-5)34-17-27(26)33/h6,9-10,12,14-19,21,28,31H,7-8,11,13H2,1-5H3,(H,36,37)/t18-,19+,28-,31-/m0/s1. The fourth-order valence-corrected chi connectivity index (χ4v) is 5.79. The molecule has 39 heavy (non-hydrogen) atoms. The van der Waals surface area contributed by atoms with Crippen LogP contribution in [0.4, 0.5) is 4.39 Å². The number of hydrogen-bond acceptors (Lipinski definition) is 5. The van der Waals surface area contributed by atoms with Crippen molar-refractivity contribution >= 4 is 5.97 Å². The summed E-state index contributed by atoms with van der Waals surface area (Å²) < 4.78 is 26.8. The summed E-state index contributed by atoms with van der Waals surface area (Å²) >= 11 is 0. The Bertz CT molecular complexity index is 1370. The monoisotopic (exact) mass is 532 g/mol. The molecule has 1 fully saturated rings. The van der Waals surface area contributed by atoms with Crippen LogP contribution >= 0.6 is 0 Å². The minimum Gasteiger partial charge on any atom is -0.485 e. The van der Waals surface area contributed by atoms with Crippen molar-refractivity contribution in [1.29, 1.82) is 0 Å². The molecule has 6 nitrogen and oxygen atoms in total. The first-order chi connectivity index (χ1) is 18.7. The first-order valence-electron chi connectivity index (χ1n) is 13.7. The molecular weight excluding hydrogens is 495 g/mol. The number of carboxylic acids is 1. The van der Waals surface area contributed by atoms with Crippen LogP contribution < -0.4 is 9.47 Å². The van der Waals surface area contributed by atoms with Crippen molar-refractivity contribution < 1.29 is 23.8 Å². The molecule has 5 rings (SSSR count). The fourth-order valence-electron chi connectivity index (χ4n) is 5.79. The van der Waals surface area contributed by atoms with Gasteiger partial charge in [-0.1, -0.05) is 31.2 Å². The van der Waals surface area contributed by atoms with Gasteiger partial charge in [0.2, 0.25) is 5.88 Å². The summed E-state index contributed by atoms with van der Waals surface area (Å²) in [6, 6.07) is 14.0. The lowest BCUT2D eigenvalue weighted by Crippen LogP contribution is -2.22. The quantitative estimate of drug-likeness (QED) is 0.327. The van der Waals surface area contributed by atoms with Crippen molar-refractivity contribution in [2.75, 3.05) is 21.2 Å². The van der Waals surface area contributed by atoms with E-state index in [0.717, 1.165) is 59.3 Å². The highest BCUT2D eigenvalue weighted by Crippen LogP contribution is 2.48. The maximum Gasteiger partial charge on any atom is 0.306 e. The van der Waals surface area contributed by atoms with Crippen LogP contribution in [0.2, 0.25) is 0 Å². The first kappa shape index (κ1) is 27.1. The third-order valence-electron chi connectivity index (χ3n) is 8.48. The van der Waals surface area contributed by atoms with Gasteiger partial charge in [0.25, 0.3) is 0 Å². The van der Waals surface area contributed by atoms with Gasteiger partial charge in [0.05, 0.1) is 19.2 Å². The second-order valence-corrected chi connectivity index (χ2v) is 11.2. The molecule has 1 saturated carbocycles. The van der Waals surface area contributed by atoms with E-state index in [1.165, 1.54) is 13.3 Å². The maximum absolute atomic E-state index is 14.9. The molecule has 0 spiro atoms. The van der Waals surface area contributed by atoms with E-state index in [2.05, 4.69) is 41.1 Å². The molecule has 4 atom stereocenters. The summed E-state index contributed by atoms with van der Waals surface area (Å²) in [6.45, 7) is 3.91. The number of aliphatic carboxylic acids is 1. The zero-order chi connectivity index (χ0) is 27.8. The Balaban J connectivity index is 1.49. The van der Waals surface area contributed by atoms with Gasteiger partial charge >= 0.3 is 5.97 Å². The molecule has 1 aromatic heterocycles. The average Bonchev–Trinajstić information content (AvgIpc) is 3.77. The number of hydrogen-bond donors (Lipinski definition) is 1. The highest BCUT2D eigenvalue weighted by atomic mass is 19.1. The molecule has 1 aliphatic heterocycles. The van der Waals surface area contributed by atoms with Gasteiger partial charge in [0.1, 0.15) is 17.7 Å². The van der Waals surface area contributed by atoms with Crippen molar-refractivity contribution in [2.24, 2.45) is 11.8 Å². The molecule has 2 aromatic carbocycles. The van der Waals surface area contributed by atoms with Crippen LogP contribution in [-0.2, 0) is 11.2 Å². The Morgan fingerprint density at radius 1 is 1.10 bits per heavy atom. The van der Waals surface area contributed by atoms with Crippen molar-refractivity contribution in [3.8, 4) is 22.8 Å². The summed E-state index contributed by atoms with van der Waals surface area (Å²) in [5, 5.41) is 9.71. The van der Waals surface area contributed by atoms with Crippen LogP contribution in [0.1, 0.15) is 73.4 Å². The van der Waals surface area contributed by atoms with Crippen LogP contribution in [0.25, 0.3) is 11.1 Å². The van der Waals surface area contributed by atoms with Gasteiger partial charge in [-0.15, -0.1) is 0 Å². The smallest absolute Gasteiger partial charge is 0.306 e. The van der Waals surface area contributed by atoms with Crippen molar-refractivity contribution in [2.45, 2.75) is 57.6 Å². The van der Waals surface area contributed by atoms with Crippen LogP contribution in [0.5, 0.6) is 11.6 Å². The molecule has 1 N–H and O–H groups in total. The van der Waals surface area contributed by atoms with Crippen LogP contribution in [0.15, 0.2) is 48.7 Å². The number of ether oxygens (including phenoxy) is 2. The first-order valence-corrected chi connectivity index (χ1v) is 13.7. The zero-order valence-electron chi connectivity index (χ0n) is 23.3. The number of methoxy groups -OCH3 is 1. The number of pyridine rings is 1. The topological polar surface area (TPSA) is 71.9 Å². The predicted molar refractivity (Wildman–Crippen MR) is 149 cm³/mol. The number of benzene rings is 2. The molecule has 2 heterocycles. The normalized spacial score (nSPS) is 19.1. The molecule has 1 aliphatic carbocycles. The molecule has 206 valence electrons. The average molecular weight is 533 g/mol. The van der Waals surface area contributed by atoms with Gasteiger partial charge in [-0.2, -0.15) is 0 Å². The number of carboxylic acid groups (broad SMARTS) is 1. The van der Waals surface area contributed by atoms with Gasteiger partial charge in [-0.3, -0.25) is 4.79 Å². The molecule has 0 saturated heterocycles. The number of fused-ring (bicyclic) bond motifs is 1. The Kier molecular flexibility index (Phi) is 7.63. The van der Waals surface area contributed by atoms with Gasteiger partial charge in [-0.05, 0) is 98.5 Å². The number of aromatic nitrogens is 1. The van der Waals surface area contributed by atoms with Crippen molar-refractivity contribution in [1.82, 2.24) is 9.88 Å². The highest BCUT2D eigenvalue weighted by Gasteiger charge is 2.39. The molecule has 0 amide bonds. The molecule has 2 aliphatic rings. The van der Waals surface area contributed by atoms with E-state index in [1.807, 2.05) is 33.2 Å². The fraction of sp³-hybridized carbons (Fsp3) is 0.438. The summed E-state index contributed by atoms with van der Waals surface area (Å²) in [6.07, 6.45) is 4.90. The molecule has 0 radical (unpaired) electrons. The van der Waals surface area contributed by atoms with E-state index >= 15 is 0 Å². The number of carbonyl (C=O) groups is 1. The van der Waals surface area contributed by atoms with Crippen molar-refractivity contribution in [3.63, 3.8) is 0 Å². The number of aryl methyl sites for hydroxylation is 1. The second kappa shape index (κ2) is 11.0. The largest absolute Gasteiger partial charge is 0.485 e. The summed E-state index contributed by atoms with van der Waals surface area (Å²) in [4.78, 5) is 17.9. The Morgan fingerprint density at radius 2 is 1.87 bits per heavy atom. The minimum atomic E-state index is -0.755. The third-order valence-corrected chi connectivity index (χ3v) is 8.48. The molecule has 3 aromatic rings. The Morgan fingerprint density at radius 3 is 2.54 bits per heavy atom. The van der Waals surface area contributed by atoms with Gasteiger partial charge in [0, 0.05) is 17.7 Å². The SMILES string of the molecule is COc1cc(-c2ccc([C@@H]3CCc4ccc([C@H](C5CC5)[C@H](C)C(=O)O)cc4O3)cc2[C@@H](C)N(C)C)c(F)cn1. The highest BCUT2D eigenvalue weighted by molar-refractivity contribution is 5.71. The number of halogens is 1. The van der Waals surface area contributed by atoms with E-state index < -0.39 is 17.7 Å². The van der Waals surface area contributed by atoms with Crippen LogP contribution in [0, 0.1) is 17.7 Å². The maximum atomic E-state index is 14.9. The molecule has 0 unspecified atom stereocenters. The lowest BCUT2D eigenvalue weighted by Gasteiger charge is -2.30. The van der Waals surface area contributed by atoms with Crippen LogP contribution in [-0.4, -0.2) is 42.2 Å². The van der Waals surface area contributed by atoms with E-state index in [9.17, 15) is 14.3 Å². The van der Waals surface area contributed by atoms with Gasteiger partial charge in [-0.25, -0.2) is 9.37 Å². The number of nitrogens with zero attached hydrogens (tertiary/aromatic N) is 2. The Hall–Kier alpha value is -3.45. The summed E-state index contributed by atoms with van der Waals surface area (Å²) in [7, 11) is 5.54. The van der Waals surface area contributed by atoms with Gasteiger partial charge in [0.15, 0.2) is 0 Å². The summed E-state index contributed by atoms with van der Waals surface area (Å²) in [5.74, 6) is 0.0251. The third kappa shape index (κ3) is 5.50. The minimum absolute atomic E-state index is 0.00384. The predicted octanol–water partition coefficient (Wildman–Crippen LogP) is 6.80. The van der Waals surface area contributed by atoms with E-state index in [1.54, 1.807) is 6.07 Å². The lowest BCUT2D eigenvalue weighted by atomic mass is 9.82. The van der Waals surface area contributed by atoms with Crippen molar-refractivity contribution in [3.05, 3.63) is 76.7 Å². The zero-order valence-corrected chi connectivity index (χ0v) is 23.3. The second-order valence-electron chi connectivity index (χ2n) is 11.2. The summed E-state index contributed by atoms with van der Waals surface area (Å²) in [5.41, 5.74) is 5.49. The lowest BCUT2D eigenvalue weighted by molar-refractivity contribution is -0.142.